The van der Waals surface area contributed by atoms with Crippen molar-refractivity contribution in [1.29, 1.82) is 0 Å². The minimum atomic E-state index is -0.383. The van der Waals surface area contributed by atoms with Crippen LogP contribution in [-0.4, -0.2) is 4.57 Å². The van der Waals surface area contributed by atoms with Crippen LogP contribution >= 0.6 is 0 Å². The second kappa shape index (κ2) is 4.93. The third-order valence-electron chi connectivity index (χ3n) is 3.44. The van der Waals surface area contributed by atoms with Crippen LogP contribution in [0.25, 0.3) is 10.8 Å². The van der Waals surface area contributed by atoms with E-state index in [1.165, 1.54) is 12.1 Å². The van der Waals surface area contributed by atoms with Gasteiger partial charge in [0.25, 0.3) is 5.56 Å². The van der Waals surface area contributed by atoms with E-state index in [0.717, 1.165) is 16.5 Å². The lowest BCUT2D eigenvalue weighted by Gasteiger charge is -2.10. The van der Waals surface area contributed by atoms with Crippen molar-refractivity contribution in [3.05, 3.63) is 82.0 Å². The molecule has 0 aliphatic carbocycles. The fourth-order valence-corrected chi connectivity index (χ4v) is 2.45. The number of benzene rings is 2. The molecule has 3 heteroatoms. The molecule has 0 aliphatic heterocycles. The zero-order chi connectivity index (χ0) is 14.1. The van der Waals surface area contributed by atoms with E-state index in [0.29, 0.717) is 11.9 Å². The number of hydrogen-bond acceptors (Lipinski definition) is 1. The topological polar surface area (TPSA) is 22.0 Å². The number of hydrogen-bond donors (Lipinski definition) is 0. The Morgan fingerprint density at radius 3 is 2.55 bits per heavy atom. The molecular weight excluding hydrogens is 253 g/mol. The molecule has 2 aromatic carbocycles. The number of aromatic nitrogens is 1. The molecule has 0 amide bonds. The lowest BCUT2D eigenvalue weighted by Crippen LogP contribution is -2.21. The van der Waals surface area contributed by atoms with Gasteiger partial charge in [-0.2, -0.15) is 0 Å². The molecule has 0 atom stereocenters. The Bertz CT molecular complexity index is 822. The molecule has 0 radical (unpaired) electrons. The standard InChI is InChI=1S/C17H14FNO/c1-12-10-19(11-13-5-3-2-4-6-13)17(20)16-9-14(18)7-8-15(12)16/h2-10H,11H2,1H3. The minimum absolute atomic E-state index is 0.158. The average molecular weight is 267 g/mol. The van der Waals surface area contributed by atoms with Gasteiger partial charge in [0.05, 0.1) is 11.9 Å². The summed E-state index contributed by atoms with van der Waals surface area (Å²) in [5, 5.41) is 1.24. The Labute approximate surface area is 116 Å². The van der Waals surface area contributed by atoms with Crippen molar-refractivity contribution in [2.24, 2.45) is 0 Å². The van der Waals surface area contributed by atoms with Crippen LogP contribution in [0.2, 0.25) is 0 Å². The minimum Gasteiger partial charge on any atom is -0.310 e. The Morgan fingerprint density at radius 1 is 1.05 bits per heavy atom. The fraction of sp³-hybridized carbons (Fsp3) is 0.118. The number of nitrogens with zero attached hydrogens (tertiary/aromatic N) is 1. The molecule has 1 heterocycles. The summed E-state index contributed by atoms with van der Waals surface area (Å²) in [6.45, 7) is 2.42. The Balaban J connectivity index is 2.17. The largest absolute Gasteiger partial charge is 0.310 e. The highest BCUT2D eigenvalue weighted by molar-refractivity contribution is 5.84. The third kappa shape index (κ3) is 2.23. The van der Waals surface area contributed by atoms with Crippen LogP contribution < -0.4 is 5.56 Å². The van der Waals surface area contributed by atoms with Crippen molar-refractivity contribution in [1.82, 2.24) is 4.57 Å². The van der Waals surface area contributed by atoms with Crippen molar-refractivity contribution in [3.8, 4) is 0 Å². The van der Waals surface area contributed by atoms with E-state index >= 15 is 0 Å². The summed E-state index contributed by atoms with van der Waals surface area (Å²) in [7, 11) is 0. The monoisotopic (exact) mass is 267 g/mol. The zero-order valence-corrected chi connectivity index (χ0v) is 11.1. The van der Waals surface area contributed by atoms with Crippen molar-refractivity contribution in [2.75, 3.05) is 0 Å². The molecular formula is C17H14FNO. The number of rotatable bonds is 2. The summed E-state index contributed by atoms with van der Waals surface area (Å²) in [5.41, 5.74) is 1.86. The van der Waals surface area contributed by atoms with Gasteiger partial charge in [-0.15, -0.1) is 0 Å². The maximum absolute atomic E-state index is 13.4. The first-order valence-electron chi connectivity index (χ1n) is 6.48. The highest BCUT2D eigenvalue weighted by Crippen LogP contribution is 2.16. The predicted octanol–water partition coefficient (Wildman–Crippen LogP) is 3.50. The van der Waals surface area contributed by atoms with Gasteiger partial charge in [-0.05, 0) is 35.6 Å². The number of aryl methyl sites for hydroxylation is 1. The summed E-state index contributed by atoms with van der Waals surface area (Å²) in [6, 6.07) is 14.1. The number of halogens is 1. The second-order valence-corrected chi connectivity index (χ2v) is 4.92. The van der Waals surface area contributed by atoms with Crippen LogP contribution in [0.3, 0.4) is 0 Å². The van der Waals surface area contributed by atoms with Crippen LogP contribution in [0.1, 0.15) is 11.1 Å². The average Bonchev–Trinajstić information content (AvgIpc) is 2.45. The normalized spacial score (nSPS) is 10.9. The molecule has 3 rings (SSSR count). The fourth-order valence-electron chi connectivity index (χ4n) is 2.45. The van der Waals surface area contributed by atoms with Crippen LogP contribution in [0.5, 0.6) is 0 Å². The van der Waals surface area contributed by atoms with Gasteiger partial charge < -0.3 is 4.57 Å². The molecule has 3 aromatic rings. The SMILES string of the molecule is Cc1cn(Cc2ccccc2)c(=O)c2cc(F)ccc12. The van der Waals surface area contributed by atoms with E-state index in [2.05, 4.69) is 0 Å². The van der Waals surface area contributed by atoms with Gasteiger partial charge in [0, 0.05) is 6.20 Å². The van der Waals surface area contributed by atoms with Gasteiger partial charge in [-0.1, -0.05) is 36.4 Å². The van der Waals surface area contributed by atoms with Crippen molar-refractivity contribution in [2.45, 2.75) is 13.5 Å². The Morgan fingerprint density at radius 2 is 1.80 bits per heavy atom. The Kier molecular flexibility index (Phi) is 3.11. The van der Waals surface area contributed by atoms with Crippen LogP contribution in [0.4, 0.5) is 4.39 Å². The maximum atomic E-state index is 13.4. The lowest BCUT2D eigenvalue weighted by molar-refractivity contribution is 0.629. The van der Waals surface area contributed by atoms with Gasteiger partial charge in [-0.3, -0.25) is 4.79 Å². The summed E-state index contributed by atoms with van der Waals surface area (Å²) in [6.07, 6.45) is 1.83. The highest BCUT2D eigenvalue weighted by Gasteiger charge is 2.07. The van der Waals surface area contributed by atoms with E-state index in [4.69, 9.17) is 0 Å². The molecule has 0 fully saturated rings. The molecule has 1 aromatic heterocycles. The zero-order valence-electron chi connectivity index (χ0n) is 11.1. The molecule has 100 valence electrons. The predicted molar refractivity (Wildman–Crippen MR) is 78.4 cm³/mol. The van der Waals surface area contributed by atoms with Crippen molar-refractivity contribution < 1.29 is 4.39 Å². The van der Waals surface area contributed by atoms with Crippen LogP contribution in [-0.2, 0) is 6.54 Å². The first-order chi connectivity index (χ1) is 9.65. The molecule has 0 spiro atoms. The summed E-state index contributed by atoms with van der Waals surface area (Å²) >= 11 is 0. The van der Waals surface area contributed by atoms with E-state index in [9.17, 15) is 9.18 Å². The van der Waals surface area contributed by atoms with Crippen LogP contribution in [0, 0.1) is 12.7 Å². The second-order valence-electron chi connectivity index (χ2n) is 4.92. The van der Waals surface area contributed by atoms with E-state index in [1.54, 1.807) is 10.6 Å². The summed E-state index contributed by atoms with van der Waals surface area (Å²) in [5.74, 6) is -0.383. The van der Waals surface area contributed by atoms with Crippen molar-refractivity contribution in [3.63, 3.8) is 0 Å². The molecule has 0 aliphatic rings. The third-order valence-corrected chi connectivity index (χ3v) is 3.44. The molecule has 0 saturated carbocycles. The smallest absolute Gasteiger partial charge is 0.258 e. The van der Waals surface area contributed by atoms with E-state index in [1.807, 2.05) is 43.5 Å². The van der Waals surface area contributed by atoms with Crippen molar-refractivity contribution >= 4 is 10.8 Å². The quantitative estimate of drug-likeness (QED) is 0.696. The molecule has 0 saturated heterocycles. The summed E-state index contributed by atoms with van der Waals surface area (Å²) in [4.78, 5) is 12.4. The first kappa shape index (κ1) is 12.6. The van der Waals surface area contributed by atoms with Gasteiger partial charge in [0.15, 0.2) is 0 Å². The van der Waals surface area contributed by atoms with E-state index in [-0.39, 0.29) is 11.4 Å². The van der Waals surface area contributed by atoms with Crippen LogP contribution in [0.15, 0.2) is 59.5 Å². The maximum Gasteiger partial charge on any atom is 0.258 e. The number of fused-ring (bicyclic) bond motifs is 1. The molecule has 0 N–H and O–H groups in total. The van der Waals surface area contributed by atoms with Gasteiger partial charge in [0.1, 0.15) is 5.82 Å². The number of pyridine rings is 1. The highest BCUT2D eigenvalue weighted by atomic mass is 19.1. The lowest BCUT2D eigenvalue weighted by atomic mass is 10.1. The molecule has 0 bridgehead atoms. The van der Waals surface area contributed by atoms with Gasteiger partial charge in [-0.25, -0.2) is 4.39 Å². The first-order valence-corrected chi connectivity index (χ1v) is 6.48. The Hall–Kier alpha value is -2.42. The molecule has 2 nitrogen and oxygen atoms in total. The van der Waals surface area contributed by atoms with E-state index < -0.39 is 0 Å². The van der Waals surface area contributed by atoms with Gasteiger partial charge >= 0.3 is 0 Å². The molecule has 20 heavy (non-hydrogen) atoms. The molecule has 0 unspecified atom stereocenters. The summed E-state index contributed by atoms with van der Waals surface area (Å²) < 4.78 is 15.0. The van der Waals surface area contributed by atoms with Gasteiger partial charge in [0.2, 0.25) is 0 Å².